The number of halogens is 1. The van der Waals surface area contributed by atoms with Gasteiger partial charge < -0.3 is 11.1 Å². The van der Waals surface area contributed by atoms with E-state index in [1.54, 1.807) is 0 Å². The van der Waals surface area contributed by atoms with Crippen molar-refractivity contribution in [2.75, 3.05) is 5.32 Å². The van der Waals surface area contributed by atoms with Crippen molar-refractivity contribution in [3.63, 3.8) is 0 Å². The molecule has 2 unspecified atom stereocenters. The summed E-state index contributed by atoms with van der Waals surface area (Å²) in [5.41, 5.74) is 8.94. The lowest BCUT2D eigenvalue weighted by molar-refractivity contribution is -0.116. The van der Waals surface area contributed by atoms with Crippen molar-refractivity contribution in [2.45, 2.75) is 32.2 Å². The average Bonchev–Trinajstić information content (AvgIpc) is 2.44. The van der Waals surface area contributed by atoms with Gasteiger partial charge in [-0.3, -0.25) is 4.79 Å². The molecule has 0 aromatic heterocycles. The zero-order valence-electron chi connectivity index (χ0n) is 9.38. The van der Waals surface area contributed by atoms with Crippen molar-refractivity contribution < 1.29 is 4.79 Å². The maximum Gasteiger partial charge on any atom is 0.231 e. The molecule has 1 amide bonds. The van der Waals surface area contributed by atoms with Crippen LogP contribution in [-0.4, -0.2) is 11.9 Å². The van der Waals surface area contributed by atoms with Gasteiger partial charge in [0.2, 0.25) is 5.91 Å². The molecule has 4 heteroatoms. The Hall–Kier alpha value is -0.870. The standard InChI is InChI=1S/C12H15BrN2O/c1-6(14)3-8-4-9(13)5-10-7(2)12(16)15-11(8)10/h4-7H,3,14H2,1-2H3,(H,15,16). The third kappa shape index (κ3) is 1.99. The highest BCUT2D eigenvalue weighted by Gasteiger charge is 2.28. The minimum Gasteiger partial charge on any atom is -0.328 e. The number of fused-ring (bicyclic) bond motifs is 1. The summed E-state index contributed by atoms with van der Waals surface area (Å²) in [5.74, 6) is -0.00152. The fourth-order valence-corrected chi connectivity index (χ4v) is 2.58. The molecule has 0 fully saturated rings. The van der Waals surface area contributed by atoms with Crippen LogP contribution in [0.3, 0.4) is 0 Å². The van der Waals surface area contributed by atoms with E-state index < -0.39 is 0 Å². The lowest BCUT2D eigenvalue weighted by Gasteiger charge is -2.11. The molecule has 0 radical (unpaired) electrons. The van der Waals surface area contributed by atoms with Crippen molar-refractivity contribution in [3.05, 3.63) is 27.7 Å². The molecule has 1 aliphatic rings. The number of amides is 1. The molecular weight excluding hydrogens is 268 g/mol. The molecule has 16 heavy (non-hydrogen) atoms. The zero-order valence-corrected chi connectivity index (χ0v) is 11.0. The number of anilines is 1. The fraction of sp³-hybridized carbons (Fsp3) is 0.417. The molecular formula is C12H15BrN2O. The third-order valence-electron chi connectivity index (χ3n) is 2.87. The van der Waals surface area contributed by atoms with Crippen LogP contribution >= 0.6 is 15.9 Å². The van der Waals surface area contributed by atoms with E-state index in [0.717, 1.165) is 27.7 Å². The minimum absolute atomic E-state index is 0.0685. The minimum atomic E-state index is -0.0701. The van der Waals surface area contributed by atoms with E-state index in [1.165, 1.54) is 0 Å². The SMILES string of the molecule is CC(N)Cc1cc(Br)cc2c1NC(=O)C2C. The monoisotopic (exact) mass is 282 g/mol. The van der Waals surface area contributed by atoms with Gasteiger partial charge in [0, 0.05) is 16.2 Å². The van der Waals surface area contributed by atoms with Gasteiger partial charge in [-0.1, -0.05) is 15.9 Å². The first-order valence-electron chi connectivity index (χ1n) is 5.37. The number of rotatable bonds is 2. The Balaban J connectivity index is 2.48. The number of hydrogen-bond donors (Lipinski definition) is 2. The highest BCUT2D eigenvalue weighted by atomic mass is 79.9. The van der Waals surface area contributed by atoms with E-state index in [0.29, 0.717) is 0 Å². The second kappa shape index (κ2) is 4.18. The number of benzene rings is 1. The molecule has 1 aromatic carbocycles. The molecule has 86 valence electrons. The summed E-state index contributed by atoms with van der Waals surface area (Å²) in [5, 5.41) is 2.93. The van der Waals surface area contributed by atoms with E-state index in [2.05, 4.69) is 21.2 Å². The maximum absolute atomic E-state index is 11.6. The van der Waals surface area contributed by atoms with Crippen LogP contribution in [-0.2, 0) is 11.2 Å². The summed E-state index contributed by atoms with van der Waals surface area (Å²) in [6, 6.07) is 4.12. The Morgan fingerprint density at radius 3 is 2.88 bits per heavy atom. The maximum atomic E-state index is 11.6. The Morgan fingerprint density at radius 2 is 2.25 bits per heavy atom. The van der Waals surface area contributed by atoms with Gasteiger partial charge in [-0.05, 0) is 43.5 Å². The summed E-state index contributed by atoms with van der Waals surface area (Å²) in [7, 11) is 0. The molecule has 2 atom stereocenters. The van der Waals surface area contributed by atoms with Gasteiger partial charge in [0.05, 0.1) is 5.92 Å². The first-order chi connectivity index (χ1) is 7.49. The fourth-order valence-electron chi connectivity index (χ4n) is 2.06. The zero-order chi connectivity index (χ0) is 11.9. The van der Waals surface area contributed by atoms with E-state index in [9.17, 15) is 4.79 Å². The van der Waals surface area contributed by atoms with Crippen LogP contribution in [0, 0.1) is 0 Å². The quantitative estimate of drug-likeness (QED) is 0.875. The second-order valence-electron chi connectivity index (χ2n) is 4.42. The summed E-state index contributed by atoms with van der Waals surface area (Å²) < 4.78 is 1.00. The van der Waals surface area contributed by atoms with Gasteiger partial charge in [0.15, 0.2) is 0 Å². The van der Waals surface area contributed by atoms with Gasteiger partial charge in [-0.2, -0.15) is 0 Å². The van der Waals surface area contributed by atoms with Gasteiger partial charge in [-0.25, -0.2) is 0 Å². The largest absolute Gasteiger partial charge is 0.328 e. The molecule has 0 spiro atoms. The highest BCUT2D eigenvalue weighted by molar-refractivity contribution is 9.10. The van der Waals surface area contributed by atoms with Crippen LogP contribution in [0.25, 0.3) is 0 Å². The van der Waals surface area contributed by atoms with Gasteiger partial charge in [-0.15, -0.1) is 0 Å². The van der Waals surface area contributed by atoms with Crippen molar-refractivity contribution in [3.8, 4) is 0 Å². The molecule has 1 heterocycles. The molecule has 0 bridgehead atoms. The Morgan fingerprint density at radius 1 is 1.56 bits per heavy atom. The van der Waals surface area contributed by atoms with Crippen molar-refractivity contribution in [1.29, 1.82) is 0 Å². The molecule has 3 N–H and O–H groups in total. The summed E-state index contributed by atoms with van der Waals surface area (Å²) >= 11 is 3.47. The summed E-state index contributed by atoms with van der Waals surface area (Å²) in [6.07, 6.45) is 0.773. The van der Waals surface area contributed by atoms with Crippen LogP contribution < -0.4 is 11.1 Å². The van der Waals surface area contributed by atoms with Crippen molar-refractivity contribution in [1.82, 2.24) is 0 Å². The first kappa shape index (κ1) is 11.6. The summed E-state index contributed by atoms with van der Waals surface area (Å²) in [4.78, 5) is 11.6. The van der Waals surface area contributed by atoms with E-state index in [1.807, 2.05) is 26.0 Å². The highest BCUT2D eigenvalue weighted by Crippen LogP contribution is 2.37. The van der Waals surface area contributed by atoms with Gasteiger partial charge in [0.25, 0.3) is 0 Å². The second-order valence-corrected chi connectivity index (χ2v) is 5.34. The molecule has 1 aliphatic heterocycles. The number of carbonyl (C=O) groups is 1. The predicted molar refractivity (Wildman–Crippen MR) is 68.5 cm³/mol. The third-order valence-corrected chi connectivity index (χ3v) is 3.32. The normalized spacial score (nSPS) is 20.5. The topological polar surface area (TPSA) is 55.1 Å². The van der Waals surface area contributed by atoms with Gasteiger partial charge in [0.1, 0.15) is 0 Å². The van der Waals surface area contributed by atoms with Crippen LogP contribution in [0.1, 0.15) is 30.9 Å². The van der Waals surface area contributed by atoms with Gasteiger partial charge >= 0.3 is 0 Å². The van der Waals surface area contributed by atoms with E-state index in [-0.39, 0.29) is 17.9 Å². The van der Waals surface area contributed by atoms with E-state index in [4.69, 9.17) is 5.73 Å². The average molecular weight is 283 g/mol. The predicted octanol–water partition coefficient (Wildman–Crippen LogP) is 2.39. The Labute approximate surface area is 104 Å². The molecule has 3 nitrogen and oxygen atoms in total. The Kier molecular flexibility index (Phi) is 3.04. The lowest BCUT2D eigenvalue weighted by Crippen LogP contribution is -2.18. The first-order valence-corrected chi connectivity index (χ1v) is 6.17. The van der Waals surface area contributed by atoms with E-state index >= 15 is 0 Å². The van der Waals surface area contributed by atoms with Crippen LogP contribution in [0.5, 0.6) is 0 Å². The number of nitrogens with two attached hydrogens (primary N) is 1. The van der Waals surface area contributed by atoms with Crippen LogP contribution in [0.15, 0.2) is 16.6 Å². The molecule has 2 rings (SSSR count). The lowest BCUT2D eigenvalue weighted by atomic mass is 9.97. The number of nitrogens with one attached hydrogen (secondary N) is 1. The smallest absolute Gasteiger partial charge is 0.231 e. The van der Waals surface area contributed by atoms with Crippen LogP contribution in [0.2, 0.25) is 0 Å². The molecule has 0 aliphatic carbocycles. The molecule has 0 saturated heterocycles. The van der Waals surface area contributed by atoms with Crippen LogP contribution in [0.4, 0.5) is 5.69 Å². The number of hydrogen-bond acceptors (Lipinski definition) is 2. The molecule has 0 saturated carbocycles. The van der Waals surface area contributed by atoms with Crippen molar-refractivity contribution in [2.24, 2.45) is 5.73 Å². The Bertz CT molecular complexity index is 443. The summed E-state index contributed by atoms with van der Waals surface area (Å²) in [6.45, 7) is 3.89. The number of carbonyl (C=O) groups excluding carboxylic acids is 1. The van der Waals surface area contributed by atoms with Crippen molar-refractivity contribution >= 4 is 27.5 Å². The molecule has 1 aromatic rings.